The highest BCUT2D eigenvalue weighted by Gasteiger charge is 2.32. The van der Waals surface area contributed by atoms with E-state index in [2.05, 4.69) is 21.7 Å². The molecular formula is C20H19F3N4O2. The van der Waals surface area contributed by atoms with E-state index in [-0.39, 0.29) is 36.7 Å². The first-order chi connectivity index (χ1) is 13.8. The molecular weight excluding hydrogens is 385 g/mol. The highest BCUT2D eigenvalue weighted by atomic mass is 19.4. The summed E-state index contributed by atoms with van der Waals surface area (Å²) >= 11 is 0. The van der Waals surface area contributed by atoms with Crippen molar-refractivity contribution in [2.45, 2.75) is 19.2 Å². The zero-order valence-corrected chi connectivity index (χ0v) is 15.4. The first-order valence-corrected chi connectivity index (χ1v) is 8.77. The summed E-state index contributed by atoms with van der Waals surface area (Å²) in [5.41, 5.74) is 10.3. The number of nitrogens with two attached hydrogens (primary N) is 1. The minimum Gasteiger partial charge on any atom is -0.406 e. The van der Waals surface area contributed by atoms with Gasteiger partial charge in [-0.15, -0.1) is 13.2 Å². The Labute approximate surface area is 165 Å². The number of amides is 1. The molecule has 1 amide bonds. The molecule has 1 heterocycles. The topological polar surface area (TPSA) is 80.0 Å². The summed E-state index contributed by atoms with van der Waals surface area (Å²) in [6.07, 6.45) is -4.37. The molecule has 152 valence electrons. The third-order valence-electron chi connectivity index (χ3n) is 4.10. The number of halogens is 3. The van der Waals surface area contributed by atoms with Crippen LogP contribution in [0.15, 0.2) is 60.1 Å². The Morgan fingerprint density at radius 1 is 1.21 bits per heavy atom. The molecule has 6 nitrogen and oxygen atoms in total. The molecule has 0 aromatic heterocycles. The number of carbonyl (C=O) groups excluding carboxylic acids is 1. The number of hydrazine groups is 1. The van der Waals surface area contributed by atoms with E-state index in [1.54, 1.807) is 0 Å². The number of rotatable bonds is 6. The minimum absolute atomic E-state index is 0.145. The summed E-state index contributed by atoms with van der Waals surface area (Å²) in [6.45, 7) is 4.19. The second-order valence-corrected chi connectivity index (χ2v) is 6.27. The van der Waals surface area contributed by atoms with E-state index in [4.69, 9.17) is 5.73 Å². The van der Waals surface area contributed by atoms with Crippen LogP contribution in [0.1, 0.15) is 17.5 Å². The number of hydrogen-bond acceptors (Lipinski definition) is 5. The Morgan fingerprint density at radius 3 is 2.59 bits per heavy atom. The SMILES string of the molecule is C=C1c2ccc(OC(F)(F)F)cc2N=C(CCN)N1NC(=O)Cc1ccccc1. The number of carbonyl (C=O) groups is 1. The number of alkyl halides is 3. The maximum atomic E-state index is 12.5. The molecule has 0 bridgehead atoms. The van der Waals surface area contributed by atoms with E-state index in [9.17, 15) is 18.0 Å². The van der Waals surface area contributed by atoms with Gasteiger partial charge in [0, 0.05) is 18.1 Å². The van der Waals surface area contributed by atoms with Crippen LogP contribution in [-0.2, 0) is 11.2 Å². The summed E-state index contributed by atoms with van der Waals surface area (Å²) in [7, 11) is 0. The third kappa shape index (κ3) is 5.14. The van der Waals surface area contributed by atoms with Gasteiger partial charge in [-0.2, -0.15) is 0 Å². The number of fused-ring (bicyclic) bond motifs is 1. The van der Waals surface area contributed by atoms with Crippen LogP contribution < -0.4 is 15.9 Å². The van der Waals surface area contributed by atoms with Gasteiger partial charge in [0.1, 0.15) is 11.6 Å². The average molecular weight is 404 g/mol. The fourth-order valence-corrected chi connectivity index (χ4v) is 2.88. The Hall–Kier alpha value is -3.33. The Morgan fingerprint density at radius 2 is 1.93 bits per heavy atom. The molecule has 0 saturated heterocycles. The van der Waals surface area contributed by atoms with Crippen LogP contribution in [0.5, 0.6) is 5.75 Å². The van der Waals surface area contributed by atoms with Crippen LogP contribution in [0.25, 0.3) is 5.70 Å². The van der Waals surface area contributed by atoms with Gasteiger partial charge in [0.05, 0.1) is 17.8 Å². The molecule has 3 N–H and O–H groups in total. The standard InChI is InChI=1S/C20H19F3N4O2/c1-13-16-8-7-15(29-20(21,22)23)12-17(16)25-18(9-10-24)27(13)26-19(28)11-14-5-3-2-4-6-14/h2-8,12H,1,9-11,24H2,(H,26,28). The van der Waals surface area contributed by atoms with Crippen molar-refractivity contribution in [2.24, 2.45) is 10.7 Å². The van der Waals surface area contributed by atoms with Gasteiger partial charge in [-0.25, -0.2) is 10.0 Å². The van der Waals surface area contributed by atoms with E-state index >= 15 is 0 Å². The lowest BCUT2D eigenvalue weighted by molar-refractivity contribution is -0.274. The number of nitrogens with zero attached hydrogens (tertiary/aromatic N) is 2. The molecule has 3 rings (SSSR count). The molecule has 9 heteroatoms. The second-order valence-electron chi connectivity index (χ2n) is 6.27. The maximum Gasteiger partial charge on any atom is 0.573 e. The van der Waals surface area contributed by atoms with Crippen molar-refractivity contribution in [3.05, 3.63) is 66.2 Å². The predicted molar refractivity (Wildman–Crippen MR) is 103 cm³/mol. The van der Waals surface area contributed by atoms with Crippen molar-refractivity contribution < 1.29 is 22.7 Å². The molecule has 0 fully saturated rings. The van der Waals surface area contributed by atoms with Crippen molar-refractivity contribution in [3.63, 3.8) is 0 Å². The number of nitrogens with one attached hydrogen (secondary N) is 1. The monoisotopic (exact) mass is 404 g/mol. The Bertz CT molecular complexity index is 942. The lowest BCUT2D eigenvalue weighted by atomic mass is 10.1. The summed E-state index contributed by atoms with van der Waals surface area (Å²) in [5, 5.41) is 1.42. The van der Waals surface area contributed by atoms with Crippen molar-refractivity contribution in [3.8, 4) is 5.75 Å². The molecule has 0 atom stereocenters. The molecule has 1 aliphatic rings. The van der Waals surface area contributed by atoms with Crippen molar-refractivity contribution in [1.29, 1.82) is 0 Å². The lowest BCUT2D eigenvalue weighted by Crippen LogP contribution is -2.46. The lowest BCUT2D eigenvalue weighted by Gasteiger charge is -2.32. The molecule has 29 heavy (non-hydrogen) atoms. The van der Waals surface area contributed by atoms with Gasteiger partial charge in [-0.3, -0.25) is 10.2 Å². The van der Waals surface area contributed by atoms with Crippen LogP contribution in [0.2, 0.25) is 0 Å². The van der Waals surface area contributed by atoms with Gasteiger partial charge in [-0.1, -0.05) is 36.9 Å². The quantitative estimate of drug-likeness (QED) is 0.772. The number of amidine groups is 1. The summed E-state index contributed by atoms with van der Waals surface area (Å²) < 4.78 is 41.4. The van der Waals surface area contributed by atoms with E-state index < -0.39 is 6.36 Å². The van der Waals surface area contributed by atoms with Gasteiger partial charge >= 0.3 is 6.36 Å². The van der Waals surface area contributed by atoms with Gasteiger partial charge in [0.15, 0.2) is 0 Å². The van der Waals surface area contributed by atoms with Crippen molar-refractivity contribution in [2.75, 3.05) is 6.54 Å². The van der Waals surface area contributed by atoms with E-state index in [1.165, 1.54) is 23.2 Å². The van der Waals surface area contributed by atoms with E-state index in [0.717, 1.165) is 5.56 Å². The Kier molecular flexibility index (Phi) is 5.88. The molecule has 1 aliphatic heterocycles. The summed E-state index contributed by atoms with van der Waals surface area (Å²) in [5.74, 6) is -0.306. The molecule has 0 aliphatic carbocycles. The minimum atomic E-state index is -4.80. The first kappa shape index (κ1) is 20.4. The third-order valence-corrected chi connectivity index (χ3v) is 4.10. The van der Waals surface area contributed by atoms with Gasteiger partial charge in [0.2, 0.25) is 5.91 Å². The van der Waals surface area contributed by atoms with Crippen LogP contribution in [-0.4, -0.2) is 29.7 Å². The van der Waals surface area contributed by atoms with Crippen molar-refractivity contribution in [1.82, 2.24) is 10.4 Å². The molecule has 0 radical (unpaired) electrons. The number of hydrogen-bond donors (Lipinski definition) is 2. The highest BCUT2D eigenvalue weighted by Crippen LogP contribution is 2.36. The fourth-order valence-electron chi connectivity index (χ4n) is 2.88. The molecule has 0 spiro atoms. The van der Waals surface area contributed by atoms with Crippen LogP contribution >= 0.6 is 0 Å². The van der Waals surface area contributed by atoms with Crippen LogP contribution in [0.3, 0.4) is 0 Å². The summed E-state index contributed by atoms with van der Waals surface area (Å²) in [4.78, 5) is 16.8. The molecule has 0 unspecified atom stereocenters. The molecule has 0 saturated carbocycles. The average Bonchev–Trinajstić information content (AvgIpc) is 2.64. The van der Waals surface area contributed by atoms with Crippen LogP contribution in [0, 0.1) is 0 Å². The second kappa shape index (κ2) is 8.36. The zero-order chi connectivity index (χ0) is 21.0. The fraction of sp³-hybridized carbons (Fsp3) is 0.200. The van der Waals surface area contributed by atoms with Crippen LogP contribution in [0.4, 0.5) is 18.9 Å². The molecule has 2 aromatic rings. The van der Waals surface area contributed by atoms with Gasteiger partial charge in [-0.05, 0) is 24.2 Å². The van der Waals surface area contributed by atoms with Gasteiger partial charge < -0.3 is 10.5 Å². The first-order valence-electron chi connectivity index (χ1n) is 8.77. The van der Waals surface area contributed by atoms with E-state index in [1.807, 2.05) is 30.3 Å². The summed E-state index contributed by atoms with van der Waals surface area (Å²) in [6, 6.07) is 12.9. The highest BCUT2D eigenvalue weighted by molar-refractivity contribution is 5.99. The molecule has 2 aromatic carbocycles. The number of ether oxygens (including phenoxy) is 1. The van der Waals surface area contributed by atoms with Gasteiger partial charge in [0.25, 0.3) is 0 Å². The Balaban J connectivity index is 1.84. The van der Waals surface area contributed by atoms with Crippen molar-refractivity contribution >= 4 is 23.1 Å². The van der Waals surface area contributed by atoms with E-state index in [0.29, 0.717) is 17.1 Å². The maximum absolute atomic E-state index is 12.5. The predicted octanol–water partition coefficient (Wildman–Crippen LogP) is 3.52. The zero-order valence-electron chi connectivity index (χ0n) is 15.4. The number of benzene rings is 2. The normalized spacial score (nSPS) is 13.6. The number of aliphatic imine (C=N–C) groups is 1. The largest absolute Gasteiger partial charge is 0.573 e. The smallest absolute Gasteiger partial charge is 0.406 e.